The van der Waals surface area contributed by atoms with Gasteiger partial charge in [-0.15, -0.1) is 0 Å². The number of hydrogen-bond acceptors (Lipinski definition) is 4. The second-order valence-electron chi connectivity index (χ2n) is 15.6. The molecule has 2 aliphatic rings. The van der Waals surface area contributed by atoms with Crippen LogP contribution in [-0.4, -0.2) is 19.5 Å². The zero-order valence-corrected chi connectivity index (χ0v) is 32.2. The maximum atomic E-state index is 5.07. The highest BCUT2D eigenvalue weighted by molar-refractivity contribution is 7.99. The summed E-state index contributed by atoms with van der Waals surface area (Å²) in [5.41, 5.74) is 14.0. The summed E-state index contributed by atoms with van der Waals surface area (Å²) in [7, 11) is 0. The van der Waals surface area contributed by atoms with Gasteiger partial charge in [-0.3, -0.25) is 0 Å². The van der Waals surface area contributed by atoms with Crippen molar-refractivity contribution in [3.8, 4) is 62.1 Å². The predicted molar refractivity (Wildman–Crippen MR) is 235 cm³/mol. The second-order valence-corrected chi connectivity index (χ2v) is 16.7. The lowest BCUT2D eigenvalue weighted by molar-refractivity contribution is 0.662. The van der Waals surface area contributed by atoms with Gasteiger partial charge in [0.25, 0.3) is 0 Å². The molecule has 3 heterocycles. The Morgan fingerprint density at radius 3 is 1.82 bits per heavy atom. The molecule has 1 aliphatic heterocycles. The summed E-state index contributed by atoms with van der Waals surface area (Å²) in [6, 6.07) is 61.2. The monoisotopic (exact) mass is 746 g/mol. The second kappa shape index (κ2) is 12.1. The molecule has 0 radical (unpaired) electrons. The van der Waals surface area contributed by atoms with E-state index in [1.165, 1.54) is 81.4 Å². The topological polar surface area (TPSA) is 43.6 Å². The van der Waals surface area contributed by atoms with Crippen LogP contribution in [0.3, 0.4) is 0 Å². The number of aromatic nitrogens is 4. The van der Waals surface area contributed by atoms with Crippen LogP contribution in [0.15, 0.2) is 180 Å². The summed E-state index contributed by atoms with van der Waals surface area (Å²) < 4.78 is 2.51. The first-order valence-corrected chi connectivity index (χ1v) is 20.3. The molecule has 0 atom stereocenters. The minimum absolute atomic E-state index is 0.279. The van der Waals surface area contributed by atoms with Gasteiger partial charge in [-0.2, -0.15) is 0 Å². The van der Waals surface area contributed by atoms with Crippen molar-refractivity contribution in [2.75, 3.05) is 0 Å². The lowest BCUT2D eigenvalue weighted by Gasteiger charge is -2.26. The van der Waals surface area contributed by atoms with E-state index in [-0.39, 0.29) is 5.41 Å². The third kappa shape index (κ3) is 4.85. The van der Waals surface area contributed by atoms with Crippen LogP contribution in [-0.2, 0) is 5.41 Å². The number of benzene rings is 8. The van der Waals surface area contributed by atoms with E-state index in [1.807, 2.05) is 48.2 Å². The van der Waals surface area contributed by atoms with Gasteiger partial charge in [0, 0.05) is 42.7 Å². The Labute approximate surface area is 334 Å². The van der Waals surface area contributed by atoms with Crippen molar-refractivity contribution in [1.29, 1.82) is 0 Å². The zero-order valence-electron chi connectivity index (χ0n) is 31.4. The largest absolute Gasteiger partial charge is 0.307 e. The van der Waals surface area contributed by atoms with Gasteiger partial charge in [0.05, 0.1) is 16.7 Å². The number of rotatable bonds is 4. The fourth-order valence-electron chi connectivity index (χ4n) is 9.32. The van der Waals surface area contributed by atoms with Gasteiger partial charge in [-0.1, -0.05) is 159 Å². The van der Waals surface area contributed by atoms with Crippen LogP contribution >= 0.6 is 11.8 Å². The average Bonchev–Trinajstić information content (AvgIpc) is 3.71. The molecule has 4 nitrogen and oxygen atoms in total. The maximum Gasteiger partial charge on any atom is 0.164 e. The standard InChI is InChI=1S/C52H34N4S/c1-52(2)42-28-36(51-54-49(31-13-5-3-6-14-31)53-50(55-51)32-15-7-4-8-16-32)23-25-38(42)39-20-11-19-37(47(39)52)35-24-26-45-44(30-35)56-43-29-34-18-10-9-17-33(34)27-41(43)40-21-12-22-46(57-45)48(40)56/h3-30H,1-2H3. The molecule has 0 unspecified atom stereocenters. The van der Waals surface area contributed by atoms with Crippen LogP contribution in [0.4, 0.5) is 0 Å². The van der Waals surface area contributed by atoms with Crippen molar-refractivity contribution in [2.24, 2.45) is 0 Å². The Morgan fingerprint density at radius 1 is 0.456 bits per heavy atom. The fraction of sp³-hybridized carbons (Fsp3) is 0.0577. The predicted octanol–water partition coefficient (Wildman–Crippen LogP) is 13.6. The number of para-hydroxylation sites is 1. The van der Waals surface area contributed by atoms with Crippen molar-refractivity contribution in [3.63, 3.8) is 0 Å². The van der Waals surface area contributed by atoms with E-state index in [0.717, 1.165) is 16.7 Å². The lowest BCUT2D eigenvalue weighted by atomic mass is 9.78. The van der Waals surface area contributed by atoms with E-state index in [2.05, 4.69) is 152 Å². The maximum absolute atomic E-state index is 5.07. The SMILES string of the molecule is CC1(C)c2cc(-c3nc(-c4ccccc4)nc(-c4ccccc4)n3)ccc2-c2cccc(-c3ccc4c(c3)-n3c5cc6ccccc6cc5c5cccc(c53)S4)c21. The van der Waals surface area contributed by atoms with Crippen molar-refractivity contribution in [2.45, 2.75) is 29.1 Å². The molecule has 2 aromatic heterocycles. The molecular weight excluding hydrogens is 713 g/mol. The summed E-state index contributed by atoms with van der Waals surface area (Å²) in [6.07, 6.45) is 0. The smallest absolute Gasteiger partial charge is 0.164 e. The molecule has 0 saturated carbocycles. The number of hydrogen-bond donors (Lipinski definition) is 0. The van der Waals surface area contributed by atoms with Crippen molar-refractivity contribution < 1.29 is 0 Å². The van der Waals surface area contributed by atoms with E-state index in [1.54, 1.807) is 0 Å². The van der Waals surface area contributed by atoms with E-state index in [9.17, 15) is 0 Å². The van der Waals surface area contributed by atoms with Crippen molar-refractivity contribution in [3.05, 3.63) is 181 Å². The van der Waals surface area contributed by atoms with Crippen LogP contribution in [0.2, 0.25) is 0 Å². The van der Waals surface area contributed by atoms with Crippen LogP contribution in [0.1, 0.15) is 25.0 Å². The Balaban J connectivity index is 1.000. The molecular formula is C52H34N4S. The van der Waals surface area contributed by atoms with Gasteiger partial charge in [0.1, 0.15) is 0 Å². The summed E-state index contributed by atoms with van der Waals surface area (Å²) in [6.45, 7) is 4.73. The van der Waals surface area contributed by atoms with Gasteiger partial charge < -0.3 is 4.57 Å². The van der Waals surface area contributed by atoms with Crippen LogP contribution < -0.4 is 0 Å². The fourth-order valence-corrected chi connectivity index (χ4v) is 10.4. The van der Waals surface area contributed by atoms with E-state index in [0.29, 0.717) is 17.5 Å². The normalized spacial score (nSPS) is 13.5. The van der Waals surface area contributed by atoms with E-state index >= 15 is 0 Å². The highest BCUT2D eigenvalue weighted by atomic mass is 32.2. The molecule has 8 aromatic carbocycles. The molecule has 0 saturated heterocycles. The molecule has 57 heavy (non-hydrogen) atoms. The molecule has 0 bridgehead atoms. The molecule has 0 N–H and O–H groups in total. The summed E-state index contributed by atoms with van der Waals surface area (Å²) in [5.74, 6) is 2.00. The first-order chi connectivity index (χ1) is 28.0. The molecule has 10 aromatic rings. The summed E-state index contributed by atoms with van der Waals surface area (Å²) in [4.78, 5) is 17.6. The highest BCUT2D eigenvalue weighted by Gasteiger charge is 2.38. The van der Waals surface area contributed by atoms with Gasteiger partial charge in [-0.05, 0) is 80.6 Å². The van der Waals surface area contributed by atoms with Gasteiger partial charge in [0.2, 0.25) is 0 Å². The molecule has 1 aliphatic carbocycles. The zero-order chi connectivity index (χ0) is 37.8. The quantitative estimate of drug-likeness (QED) is 0.180. The van der Waals surface area contributed by atoms with Crippen LogP contribution in [0, 0.1) is 0 Å². The Hall–Kier alpha value is -6.82. The van der Waals surface area contributed by atoms with Gasteiger partial charge >= 0.3 is 0 Å². The van der Waals surface area contributed by atoms with Crippen molar-refractivity contribution in [1.82, 2.24) is 19.5 Å². The Bertz CT molecular complexity index is 3230. The Morgan fingerprint density at radius 2 is 1.09 bits per heavy atom. The van der Waals surface area contributed by atoms with Gasteiger partial charge in [0.15, 0.2) is 17.5 Å². The molecule has 0 fully saturated rings. The average molecular weight is 747 g/mol. The lowest BCUT2D eigenvalue weighted by Crippen LogP contribution is -2.16. The third-order valence-corrected chi connectivity index (χ3v) is 13.1. The van der Waals surface area contributed by atoms with Crippen LogP contribution in [0.5, 0.6) is 0 Å². The third-order valence-electron chi connectivity index (χ3n) is 12.0. The number of fused-ring (bicyclic) bond motifs is 9. The summed E-state index contributed by atoms with van der Waals surface area (Å²) >= 11 is 1.87. The summed E-state index contributed by atoms with van der Waals surface area (Å²) in [5, 5.41) is 5.12. The van der Waals surface area contributed by atoms with E-state index < -0.39 is 0 Å². The van der Waals surface area contributed by atoms with Gasteiger partial charge in [-0.25, -0.2) is 15.0 Å². The van der Waals surface area contributed by atoms with Crippen LogP contribution in [0.25, 0.3) is 94.7 Å². The Kier molecular flexibility index (Phi) is 6.88. The number of nitrogens with zero attached hydrogens (tertiary/aromatic N) is 4. The molecule has 0 spiro atoms. The minimum Gasteiger partial charge on any atom is -0.307 e. The molecule has 0 amide bonds. The molecule has 5 heteroatoms. The minimum atomic E-state index is -0.279. The first kappa shape index (κ1) is 32.4. The molecule has 12 rings (SSSR count). The first-order valence-electron chi connectivity index (χ1n) is 19.4. The van der Waals surface area contributed by atoms with E-state index in [4.69, 9.17) is 15.0 Å². The highest BCUT2D eigenvalue weighted by Crippen LogP contribution is 2.54. The van der Waals surface area contributed by atoms with Crippen molar-refractivity contribution >= 4 is 44.3 Å². The molecule has 268 valence electrons.